The molecular formula is C19H21N7O2. The van der Waals surface area contributed by atoms with Gasteiger partial charge in [0, 0.05) is 36.3 Å². The fourth-order valence-electron chi connectivity index (χ4n) is 3.23. The quantitative estimate of drug-likeness (QED) is 0.681. The first-order valence-corrected chi connectivity index (χ1v) is 8.99. The molecule has 2 aromatic heterocycles. The van der Waals surface area contributed by atoms with Crippen molar-refractivity contribution in [3.63, 3.8) is 0 Å². The Morgan fingerprint density at radius 2 is 2.04 bits per heavy atom. The normalized spacial score (nSPS) is 16.4. The van der Waals surface area contributed by atoms with Crippen LogP contribution in [0.25, 0.3) is 22.5 Å². The maximum Gasteiger partial charge on any atom is 0.245 e. The first kappa shape index (κ1) is 18.1. The number of aromatic nitrogens is 5. The zero-order valence-corrected chi connectivity index (χ0v) is 15.7. The van der Waals surface area contributed by atoms with Crippen LogP contribution < -0.4 is 15.0 Å². The lowest BCUT2D eigenvalue weighted by atomic mass is 10.1. The summed E-state index contributed by atoms with van der Waals surface area (Å²) in [4.78, 5) is 14.7. The number of phenolic OH excluding ortho intramolecular Hbond substituents is 1. The van der Waals surface area contributed by atoms with Crippen LogP contribution in [0.4, 0.5) is 5.95 Å². The predicted molar refractivity (Wildman–Crippen MR) is 104 cm³/mol. The Bertz CT molecular complexity index is 965. The number of rotatable bonds is 5. The molecule has 144 valence electrons. The van der Waals surface area contributed by atoms with E-state index in [0.29, 0.717) is 34.8 Å². The van der Waals surface area contributed by atoms with E-state index in [1.165, 1.54) is 6.33 Å². The molecule has 0 radical (unpaired) electrons. The molecule has 3 heterocycles. The molecule has 0 amide bonds. The lowest BCUT2D eigenvalue weighted by molar-refractivity contribution is 0.397. The summed E-state index contributed by atoms with van der Waals surface area (Å²) < 4.78 is 5.12. The van der Waals surface area contributed by atoms with E-state index in [9.17, 15) is 5.11 Å². The Morgan fingerprint density at radius 1 is 1.14 bits per heavy atom. The summed E-state index contributed by atoms with van der Waals surface area (Å²) in [5.74, 6) is 1.14. The zero-order chi connectivity index (χ0) is 19.5. The lowest BCUT2D eigenvalue weighted by Crippen LogP contribution is -2.30. The van der Waals surface area contributed by atoms with Gasteiger partial charge in [-0.1, -0.05) is 6.07 Å². The number of methoxy groups -OCH3 is 1. The SMILES string of the molecule is CNC1CCN(c2ncc(-c3ccc(-c4cc(OC)ncn4)cc3O)nn2)C1. The Kier molecular flexibility index (Phi) is 4.98. The molecule has 1 unspecified atom stereocenters. The molecule has 2 N–H and O–H groups in total. The third-order valence-corrected chi connectivity index (χ3v) is 4.85. The van der Waals surface area contributed by atoms with Gasteiger partial charge in [0.05, 0.1) is 19.0 Å². The Hall–Kier alpha value is -3.33. The van der Waals surface area contributed by atoms with Gasteiger partial charge in [-0.05, 0) is 25.6 Å². The molecule has 9 nitrogen and oxygen atoms in total. The summed E-state index contributed by atoms with van der Waals surface area (Å²) >= 11 is 0. The second kappa shape index (κ2) is 7.73. The number of anilines is 1. The highest BCUT2D eigenvalue weighted by molar-refractivity contribution is 5.72. The largest absolute Gasteiger partial charge is 0.507 e. The maximum atomic E-state index is 10.5. The van der Waals surface area contributed by atoms with Crippen LogP contribution in [0, 0.1) is 0 Å². The topological polar surface area (TPSA) is 109 Å². The highest BCUT2D eigenvalue weighted by Gasteiger charge is 2.23. The predicted octanol–water partition coefficient (Wildman–Crippen LogP) is 1.51. The summed E-state index contributed by atoms with van der Waals surface area (Å²) in [5.41, 5.74) is 2.47. The minimum Gasteiger partial charge on any atom is -0.507 e. The number of benzene rings is 1. The first-order chi connectivity index (χ1) is 13.7. The smallest absolute Gasteiger partial charge is 0.245 e. The molecule has 1 fully saturated rings. The second-order valence-corrected chi connectivity index (χ2v) is 6.54. The van der Waals surface area contributed by atoms with Gasteiger partial charge in [-0.25, -0.2) is 15.0 Å². The number of aromatic hydroxyl groups is 1. The van der Waals surface area contributed by atoms with Gasteiger partial charge in [0.2, 0.25) is 11.8 Å². The van der Waals surface area contributed by atoms with Crippen molar-refractivity contribution in [1.29, 1.82) is 0 Å². The monoisotopic (exact) mass is 379 g/mol. The van der Waals surface area contributed by atoms with Gasteiger partial charge in [-0.15, -0.1) is 10.2 Å². The van der Waals surface area contributed by atoms with Gasteiger partial charge in [-0.3, -0.25) is 0 Å². The molecule has 1 saturated heterocycles. The summed E-state index contributed by atoms with van der Waals surface area (Å²) in [7, 11) is 3.50. The summed E-state index contributed by atoms with van der Waals surface area (Å²) in [6.07, 6.45) is 4.11. The van der Waals surface area contributed by atoms with Crippen LogP contribution in [-0.2, 0) is 0 Å². The average Bonchev–Trinajstić information content (AvgIpc) is 3.23. The van der Waals surface area contributed by atoms with Crippen molar-refractivity contribution in [2.24, 2.45) is 0 Å². The molecule has 0 spiro atoms. The minimum atomic E-state index is 0.0790. The van der Waals surface area contributed by atoms with Gasteiger partial charge >= 0.3 is 0 Å². The van der Waals surface area contributed by atoms with Crippen molar-refractivity contribution in [3.05, 3.63) is 36.8 Å². The molecule has 0 bridgehead atoms. The summed E-state index contributed by atoms with van der Waals surface area (Å²) in [5, 5.41) is 22.3. The van der Waals surface area contributed by atoms with Gasteiger partial charge in [0.1, 0.15) is 17.8 Å². The molecule has 0 aliphatic carbocycles. The Labute approximate surface area is 162 Å². The third-order valence-electron chi connectivity index (χ3n) is 4.85. The van der Waals surface area contributed by atoms with E-state index in [0.717, 1.165) is 25.1 Å². The minimum absolute atomic E-state index is 0.0790. The molecule has 1 aromatic carbocycles. The molecule has 0 saturated carbocycles. The van der Waals surface area contributed by atoms with Crippen LogP contribution in [0.1, 0.15) is 6.42 Å². The first-order valence-electron chi connectivity index (χ1n) is 8.99. The van der Waals surface area contributed by atoms with Crippen LogP contribution in [0.3, 0.4) is 0 Å². The molecule has 28 heavy (non-hydrogen) atoms. The van der Waals surface area contributed by atoms with Gasteiger partial charge < -0.3 is 20.1 Å². The van der Waals surface area contributed by atoms with E-state index in [1.807, 2.05) is 13.1 Å². The van der Waals surface area contributed by atoms with E-state index in [2.05, 4.69) is 35.4 Å². The number of hydrogen-bond acceptors (Lipinski definition) is 9. The molecule has 4 rings (SSSR count). The van der Waals surface area contributed by atoms with Crippen LogP contribution in [0.5, 0.6) is 11.6 Å². The van der Waals surface area contributed by atoms with Crippen molar-refractivity contribution >= 4 is 5.95 Å². The summed E-state index contributed by atoms with van der Waals surface area (Å²) in [6, 6.07) is 7.41. The Morgan fingerprint density at radius 3 is 2.71 bits per heavy atom. The van der Waals surface area contributed by atoms with Crippen LogP contribution in [0.2, 0.25) is 0 Å². The molecule has 1 atom stereocenters. The van der Waals surface area contributed by atoms with Gasteiger partial charge in [-0.2, -0.15) is 0 Å². The van der Waals surface area contributed by atoms with Crippen LogP contribution in [-0.4, -0.2) is 63.5 Å². The highest BCUT2D eigenvalue weighted by Crippen LogP contribution is 2.32. The van der Waals surface area contributed by atoms with E-state index >= 15 is 0 Å². The number of ether oxygens (including phenoxy) is 1. The molecule has 1 aliphatic rings. The number of likely N-dealkylation sites (N-methyl/N-ethyl adjacent to an activating group) is 1. The fraction of sp³-hybridized carbons (Fsp3) is 0.316. The van der Waals surface area contributed by atoms with Gasteiger partial charge in [0.15, 0.2) is 0 Å². The Balaban J connectivity index is 1.56. The molecular weight excluding hydrogens is 358 g/mol. The van der Waals surface area contributed by atoms with E-state index < -0.39 is 0 Å². The van der Waals surface area contributed by atoms with Gasteiger partial charge in [0.25, 0.3) is 0 Å². The second-order valence-electron chi connectivity index (χ2n) is 6.54. The van der Waals surface area contributed by atoms with Crippen molar-refractivity contribution in [2.45, 2.75) is 12.5 Å². The number of phenols is 1. The lowest BCUT2D eigenvalue weighted by Gasteiger charge is -2.15. The molecule has 1 aliphatic heterocycles. The average molecular weight is 379 g/mol. The molecule has 9 heteroatoms. The maximum absolute atomic E-state index is 10.5. The van der Waals surface area contributed by atoms with E-state index in [4.69, 9.17) is 4.74 Å². The van der Waals surface area contributed by atoms with E-state index in [1.54, 1.807) is 31.5 Å². The summed E-state index contributed by atoms with van der Waals surface area (Å²) in [6.45, 7) is 1.76. The van der Waals surface area contributed by atoms with Crippen molar-refractivity contribution in [3.8, 4) is 34.1 Å². The van der Waals surface area contributed by atoms with Crippen molar-refractivity contribution in [1.82, 2.24) is 30.5 Å². The third kappa shape index (κ3) is 3.56. The van der Waals surface area contributed by atoms with Crippen LogP contribution >= 0.6 is 0 Å². The number of hydrogen-bond donors (Lipinski definition) is 2. The van der Waals surface area contributed by atoms with Crippen molar-refractivity contribution < 1.29 is 9.84 Å². The number of nitrogens with one attached hydrogen (secondary N) is 1. The standard InChI is InChI=1S/C19H21N7O2/c1-20-13-5-6-26(10-13)19-21-9-16(24-25-19)14-4-3-12(7-17(14)27)15-8-18(28-2)23-11-22-15/h3-4,7-9,11,13,20,27H,5-6,10H2,1-2H3. The van der Waals surface area contributed by atoms with E-state index in [-0.39, 0.29) is 5.75 Å². The van der Waals surface area contributed by atoms with Crippen LogP contribution in [0.15, 0.2) is 36.8 Å². The number of nitrogens with zero attached hydrogens (tertiary/aromatic N) is 6. The highest BCUT2D eigenvalue weighted by atomic mass is 16.5. The zero-order valence-electron chi connectivity index (χ0n) is 15.7. The van der Waals surface area contributed by atoms with Crippen molar-refractivity contribution in [2.75, 3.05) is 32.1 Å². The molecule has 3 aromatic rings. The fourth-order valence-corrected chi connectivity index (χ4v) is 3.23.